The van der Waals surface area contributed by atoms with Crippen LogP contribution >= 0.6 is 0 Å². The number of Topliss-reactive ketones (excluding diaryl/α,β-unsaturated/α-hetero) is 1. The van der Waals surface area contributed by atoms with Gasteiger partial charge in [-0.2, -0.15) is 0 Å². The van der Waals surface area contributed by atoms with Crippen LogP contribution in [-0.4, -0.2) is 70.2 Å². The van der Waals surface area contributed by atoms with Gasteiger partial charge in [0.2, 0.25) is 29.6 Å². The number of ether oxygens (including phenoxy) is 1. The first-order chi connectivity index (χ1) is 20.4. The number of carboxylic acid groups (broad SMARTS) is 1. The lowest BCUT2D eigenvalue weighted by Crippen LogP contribution is -2.58. The summed E-state index contributed by atoms with van der Waals surface area (Å²) in [5.41, 5.74) is -0.879. The van der Waals surface area contributed by atoms with Gasteiger partial charge in [0.05, 0.1) is 12.5 Å². The van der Waals surface area contributed by atoms with Gasteiger partial charge < -0.3 is 20.5 Å². The third-order valence-electron chi connectivity index (χ3n) is 9.37. The number of carbonyl (C=O) groups excluding carboxylic acids is 3. The molecule has 0 bridgehead atoms. The predicted octanol–water partition coefficient (Wildman–Crippen LogP) is 5.82. The fourth-order valence-corrected chi connectivity index (χ4v) is 7.42. The van der Waals surface area contributed by atoms with E-state index in [2.05, 4.69) is 10.6 Å². The Morgan fingerprint density at radius 3 is 1.44 bits per heavy atom. The van der Waals surface area contributed by atoms with Crippen LogP contribution in [0.25, 0.3) is 0 Å². The summed E-state index contributed by atoms with van der Waals surface area (Å²) in [5.74, 6) is -17.5. The molecule has 0 aromatic heterocycles. The van der Waals surface area contributed by atoms with Crippen LogP contribution in [0.5, 0.6) is 0 Å². The van der Waals surface area contributed by atoms with E-state index in [1.807, 2.05) is 0 Å². The number of carbonyl (C=O) groups is 4. The van der Waals surface area contributed by atoms with E-state index in [1.165, 1.54) is 0 Å². The van der Waals surface area contributed by atoms with Crippen molar-refractivity contribution >= 4 is 23.8 Å². The number of alkyl carbamates (subject to hydrolysis) is 1. The van der Waals surface area contributed by atoms with E-state index in [1.54, 1.807) is 20.8 Å². The minimum atomic E-state index is -2.91. The van der Waals surface area contributed by atoms with Gasteiger partial charge in [0.15, 0.2) is 5.78 Å². The highest BCUT2D eigenvalue weighted by atomic mass is 19.3. The Morgan fingerprint density at radius 2 is 1.16 bits per heavy atom. The second-order valence-corrected chi connectivity index (χ2v) is 14.4. The van der Waals surface area contributed by atoms with Gasteiger partial charge >= 0.3 is 12.1 Å². The normalized spacial score (nSPS) is 28.1. The highest BCUT2D eigenvalue weighted by Crippen LogP contribution is 2.57. The smallest absolute Gasteiger partial charge is 0.408 e. The largest absolute Gasteiger partial charge is 0.480 e. The second kappa shape index (κ2) is 11.8. The Hall–Kier alpha value is -2.68. The number of nitrogens with one attached hydrogen (secondary N) is 2. The maximum Gasteiger partial charge on any atom is 0.408 e. The third kappa shape index (κ3) is 8.57. The second-order valence-electron chi connectivity index (χ2n) is 14.4. The van der Waals surface area contributed by atoms with Gasteiger partial charge in [0.25, 0.3) is 0 Å². The standard InChI is InChI=1S/C16H23F4NO4.C13H15F4NO2/c1-14(2,3)25-13(24)21-11(12(22)23)10(8-4-15(17,18)5-8)9-6-16(19,20)7-9;14-12(15)2-6(3-12)10(7-4-13(16,17)5-7)11-8(19)1-9(20)18-11/h8-11H,4-7H2,1-3H3,(H,21,24)(H,22,23);6-7,10-11H,1-5H2,(H,18,20). The number of halogens is 8. The molecule has 0 aromatic rings. The summed E-state index contributed by atoms with van der Waals surface area (Å²) in [6.45, 7) is 4.75. The van der Waals surface area contributed by atoms with Crippen molar-refractivity contribution in [1.82, 2.24) is 10.6 Å². The lowest BCUT2D eigenvalue weighted by Gasteiger charge is -2.49. The number of amides is 2. The van der Waals surface area contributed by atoms with Crippen LogP contribution in [0.1, 0.15) is 78.6 Å². The molecule has 256 valence electrons. The monoisotopic (exact) mass is 662 g/mol. The number of carboxylic acids is 1. The zero-order valence-electron chi connectivity index (χ0n) is 25.0. The number of alkyl halides is 8. The van der Waals surface area contributed by atoms with Gasteiger partial charge in [0, 0.05) is 51.4 Å². The lowest BCUT2D eigenvalue weighted by molar-refractivity contribution is -0.182. The van der Waals surface area contributed by atoms with Gasteiger partial charge in [-0.1, -0.05) is 0 Å². The Morgan fingerprint density at radius 1 is 0.778 bits per heavy atom. The third-order valence-corrected chi connectivity index (χ3v) is 9.37. The molecule has 1 saturated heterocycles. The average Bonchev–Trinajstić information content (AvgIpc) is 3.10. The molecule has 2 unspecified atom stereocenters. The van der Waals surface area contributed by atoms with E-state index in [4.69, 9.17) is 4.74 Å². The summed E-state index contributed by atoms with van der Waals surface area (Å²) in [6.07, 6.45) is -5.01. The fraction of sp³-hybridized carbons (Fsp3) is 0.862. The van der Waals surface area contributed by atoms with Gasteiger partial charge in [-0.05, 0) is 56.3 Å². The fourth-order valence-electron chi connectivity index (χ4n) is 7.42. The van der Waals surface area contributed by atoms with Crippen molar-refractivity contribution in [2.24, 2.45) is 35.5 Å². The summed E-state index contributed by atoms with van der Waals surface area (Å²) in [5, 5.41) is 14.1. The molecule has 8 nitrogen and oxygen atoms in total. The minimum Gasteiger partial charge on any atom is -0.480 e. The molecule has 0 radical (unpaired) electrons. The van der Waals surface area contributed by atoms with Gasteiger partial charge in [0.1, 0.15) is 11.6 Å². The molecule has 4 aliphatic carbocycles. The molecule has 4 saturated carbocycles. The lowest BCUT2D eigenvalue weighted by atomic mass is 9.59. The Bertz CT molecular complexity index is 1110. The molecule has 2 amide bonds. The molecular weight excluding hydrogens is 624 g/mol. The van der Waals surface area contributed by atoms with Crippen LogP contribution in [0.4, 0.5) is 39.9 Å². The van der Waals surface area contributed by atoms with Crippen LogP contribution in [0.3, 0.4) is 0 Å². The SMILES string of the molecule is CC(C)(C)OC(=O)NC(C(=O)O)C(C1CC(F)(F)C1)C1CC(F)(F)C1.O=C1CC(=O)C(C(C2CC(F)(F)C2)C2CC(F)(F)C2)N1. The molecule has 0 aromatic carbocycles. The summed E-state index contributed by atoms with van der Waals surface area (Å²) < 4.78 is 110. The molecule has 1 heterocycles. The highest BCUT2D eigenvalue weighted by molar-refractivity contribution is 6.07. The predicted molar refractivity (Wildman–Crippen MR) is 140 cm³/mol. The molecule has 5 fully saturated rings. The number of hydrogen-bond acceptors (Lipinski definition) is 5. The molecule has 45 heavy (non-hydrogen) atoms. The molecule has 1 aliphatic heterocycles. The highest BCUT2D eigenvalue weighted by Gasteiger charge is 2.60. The van der Waals surface area contributed by atoms with Crippen molar-refractivity contribution in [2.75, 3.05) is 0 Å². The number of aliphatic carboxylic acids is 1. The molecular formula is C29H38F8N2O6. The van der Waals surface area contributed by atoms with Crippen molar-refractivity contribution in [3.05, 3.63) is 0 Å². The number of rotatable bonds is 8. The number of ketones is 1. The molecule has 16 heteroatoms. The maximum atomic E-state index is 13.2. The van der Waals surface area contributed by atoms with E-state index in [0.29, 0.717) is 0 Å². The van der Waals surface area contributed by atoms with Crippen molar-refractivity contribution < 1.29 is 64.1 Å². The van der Waals surface area contributed by atoms with Crippen molar-refractivity contribution in [3.8, 4) is 0 Å². The Balaban J connectivity index is 0.000000209. The zero-order chi connectivity index (χ0) is 33.9. The molecule has 5 rings (SSSR count). The van der Waals surface area contributed by atoms with Crippen molar-refractivity contribution in [2.45, 2.75) is 120 Å². The average molecular weight is 663 g/mol. The first-order valence-corrected chi connectivity index (χ1v) is 14.9. The van der Waals surface area contributed by atoms with E-state index in [0.717, 1.165) is 0 Å². The molecule has 3 N–H and O–H groups in total. The van der Waals surface area contributed by atoms with Crippen LogP contribution < -0.4 is 10.6 Å². The van der Waals surface area contributed by atoms with Crippen molar-refractivity contribution in [1.29, 1.82) is 0 Å². The van der Waals surface area contributed by atoms with Gasteiger partial charge in [-0.3, -0.25) is 9.59 Å². The zero-order valence-corrected chi connectivity index (χ0v) is 25.0. The molecule has 0 spiro atoms. The first-order valence-electron chi connectivity index (χ1n) is 14.9. The summed E-state index contributed by atoms with van der Waals surface area (Å²) in [4.78, 5) is 46.5. The summed E-state index contributed by atoms with van der Waals surface area (Å²) >= 11 is 0. The molecule has 5 aliphatic rings. The van der Waals surface area contributed by atoms with Crippen LogP contribution in [0, 0.1) is 35.5 Å². The summed E-state index contributed by atoms with van der Waals surface area (Å²) in [6, 6.07) is -2.40. The first kappa shape index (κ1) is 35.2. The minimum absolute atomic E-state index is 0.270. The Kier molecular flexibility index (Phi) is 9.26. The molecule has 2 atom stereocenters. The van der Waals surface area contributed by atoms with Crippen LogP contribution in [-0.2, 0) is 19.1 Å². The van der Waals surface area contributed by atoms with Gasteiger partial charge in [-0.25, -0.2) is 44.7 Å². The van der Waals surface area contributed by atoms with Crippen molar-refractivity contribution in [3.63, 3.8) is 0 Å². The van der Waals surface area contributed by atoms with E-state index in [9.17, 15) is 59.4 Å². The number of hydrogen-bond donors (Lipinski definition) is 3. The van der Waals surface area contributed by atoms with Gasteiger partial charge in [-0.15, -0.1) is 0 Å². The summed E-state index contributed by atoms with van der Waals surface area (Å²) in [7, 11) is 0. The Labute approximate surface area is 254 Å². The topological polar surface area (TPSA) is 122 Å². The maximum absolute atomic E-state index is 13.2. The van der Waals surface area contributed by atoms with Crippen LogP contribution in [0.2, 0.25) is 0 Å². The quantitative estimate of drug-likeness (QED) is 0.223. The van der Waals surface area contributed by atoms with Crippen LogP contribution in [0.15, 0.2) is 0 Å². The van der Waals surface area contributed by atoms with E-state index in [-0.39, 0.29) is 37.9 Å². The van der Waals surface area contributed by atoms with E-state index >= 15 is 0 Å². The van der Waals surface area contributed by atoms with E-state index < -0.39 is 121 Å².